The topological polar surface area (TPSA) is 26.3 Å². The van der Waals surface area contributed by atoms with E-state index in [1.54, 1.807) is 0 Å². The molecule has 0 saturated heterocycles. The second-order valence-corrected chi connectivity index (χ2v) is 5.05. The van der Waals surface area contributed by atoms with Crippen molar-refractivity contribution in [2.24, 2.45) is 0 Å². The molecule has 0 saturated carbocycles. The lowest BCUT2D eigenvalue weighted by molar-refractivity contribution is -0.105. The number of aldehydes is 1. The Morgan fingerprint density at radius 3 is 3.06 bits per heavy atom. The van der Waals surface area contributed by atoms with E-state index in [0.717, 1.165) is 26.7 Å². The molecule has 80 valence electrons. The molecule has 1 aliphatic heterocycles. The van der Waals surface area contributed by atoms with Gasteiger partial charge in [0, 0.05) is 11.1 Å². The van der Waals surface area contributed by atoms with Crippen molar-refractivity contribution in [1.29, 1.82) is 0 Å². The summed E-state index contributed by atoms with van der Waals surface area (Å²) in [5, 5.41) is 0. The van der Waals surface area contributed by atoms with Crippen molar-refractivity contribution in [3.8, 4) is 5.75 Å². The van der Waals surface area contributed by atoms with Crippen LogP contribution >= 0.6 is 22.6 Å². The highest BCUT2D eigenvalue weighted by atomic mass is 127. The summed E-state index contributed by atoms with van der Waals surface area (Å²) in [6.07, 6.45) is 6.68. The number of fused-ring (bicyclic) bond motifs is 3. The number of hydrogen-bond donors (Lipinski definition) is 0. The summed E-state index contributed by atoms with van der Waals surface area (Å²) in [6, 6.07) is 6.07. The first kappa shape index (κ1) is 10.1. The molecular formula is C13H9IO2. The molecule has 0 amide bonds. The minimum Gasteiger partial charge on any atom is -0.484 e. The number of rotatable bonds is 1. The van der Waals surface area contributed by atoms with Gasteiger partial charge in [0.25, 0.3) is 0 Å². The number of halogens is 1. The van der Waals surface area contributed by atoms with E-state index in [1.165, 1.54) is 0 Å². The zero-order valence-electron chi connectivity index (χ0n) is 8.39. The number of hydrogen-bond acceptors (Lipinski definition) is 2. The zero-order valence-corrected chi connectivity index (χ0v) is 10.5. The molecule has 0 unspecified atom stereocenters. The average Bonchev–Trinajstić information content (AvgIpc) is 2.69. The van der Waals surface area contributed by atoms with Crippen molar-refractivity contribution < 1.29 is 9.53 Å². The van der Waals surface area contributed by atoms with Crippen LogP contribution in [0.1, 0.15) is 11.5 Å². The maximum atomic E-state index is 11.0. The van der Waals surface area contributed by atoms with Crippen molar-refractivity contribution >= 4 is 28.9 Å². The minimum atomic E-state index is -0.0175. The molecule has 1 aromatic carbocycles. The Bertz CT molecular complexity index is 517. The van der Waals surface area contributed by atoms with Crippen LogP contribution in [0.15, 0.2) is 42.0 Å². The van der Waals surface area contributed by atoms with Crippen LogP contribution < -0.4 is 4.74 Å². The molecule has 2 atom stereocenters. The summed E-state index contributed by atoms with van der Waals surface area (Å²) >= 11 is 2.26. The molecule has 0 N–H and O–H groups in total. The first-order chi connectivity index (χ1) is 7.81. The molecule has 16 heavy (non-hydrogen) atoms. The molecule has 2 aliphatic rings. The summed E-state index contributed by atoms with van der Waals surface area (Å²) in [7, 11) is 0. The molecule has 1 aromatic rings. The van der Waals surface area contributed by atoms with Gasteiger partial charge in [0.1, 0.15) is 18.1 Å². The highest BCUT2D eigenvalue weighted by molar-refractivity contribution is 14.1. The molecule has 3 heteroatoms. The van der Waals surface area contributed by atoms with Gasteiger partial charge in [0.15, 0.2) is 0 Å². The van der Waals surface area contributed by atoms with E-state index in [2.05, 4.69) is 22.6 Å². The molecular weight excluding hydrogens is 315 g/mol. The maximum Gasteiger partial charge on any atom is 0.146 e. The van der Waals surface area contributed by atoms with Gasteiger partial charge in [-0.25, -0.2) is 0 Å². The van der Waals surface area contributed by atoms with Crippen LogP contribution in [0, 0.1) is 3.57 Å². The van der Waals surface area contributed by atoms with Crippen LogP contribution in [0.3, 0.4) is 0 Å². The van der Waals surface area contributed by atoms with Crippen LogP contribution in [0.5, 0.6) is 5.75 Å². The van der Waals surface area contributed by atoms with Crippen molar-refractivity contribution in [2.75, 3.05) is 0 Å². The molecule has 3 rings (SSSR count). The van der Waals surface area contributed by atoms with E-state index in [-0.39, 0.29) is 12.0 Å². The smallest absolute Gasteiger partial charge is 0.146 e. The lowest BCUT2D eigenvalue weighted by Gasteiger charge is -2.18. The molecule has 0 spiro atoms. The first-order valence-corrected chi connectivity index (χ1v) is 6.18. The van der Waals surface area contributed by atoms with Crippen molar-refractivity contribution in [3.63, 3.8) is 0 Å². The lowest BCUT2D eigenvalue weighted by atomic mass is 9.85. The Morgan fingerprint density at radius 2 is 2.25 bits per heavy atom. The van der Waals surface area contributed by atoms with Crippen LogP contribution in [0.2, 0.25) is 0 Å². The van der Waals surface area contributed by atoms with Crippen LogP contribution in [0.4, 0.5) is 0 Å². The molecule has 1 aliphatic carbocycles. The van der Waals surface area contributed by atoms with Gasteiger partial charge < -0.3 is 4.74 Å². The molecule has 0 aromatic heterocycles. The Labute approximate surface area is 107 Å². The first-order valence-electron chi connectivity index (χ1n) is 5.10. The van der Waals surface area contributed by atoms with E-state index in [0.29, 0.717) is 0 Å². The van der Waals surface area contributed by atoms with Gasteiger partial charge in [-0.2, -0.15) is 0 Å². The number of benzene rings is 1. The van der Waals surface area contributed by atoms with Crippen LogP contribution in [0.25, 0.3) is 0 Å². The minimum absolute atomic E-state index is 0.0175. The zero-order chi connectivity index (χ0) is 11.1. The molecule has 1 heterocycles. The average molecular weight is 324 g/mol. The van der Waals surface area contributed by atoms with Crippen LogP contribution in [-0.4, -0.2) is 12.4 Å². The largest absolute Gasteiger partial charge is 0.484 e. The Morgan fingerprint density at radius 1 is 1.38 bits per heavy atom. The fourth-order valence-electron chi connectivity index (χ4n) is 2.29. The monoisotopic (exact) mass is 324 g/mol. The van der Waals surface area contributed by atoms with Gasteiger partial charge in [-0.15, -0.1) is 0 Å². The molecule has 2 nitrogen and oxygen atoms in total. The van der Waals surface area contributed by atoms with E-state index in [9.17, 15) is 4.79 Å². The number of ether oxygens (including phenoxy) is 1. The summed E-state index contributed by atoms with van der Waals surface area (Å²) in [5.41, 5.74) is 1.92. The third kappa shape index (κ3) is 1.34. The maximum absolute atomic E-state index is 11.0. The van der Waals surface area contributed by atoms with E-state index in [4.69, 9.17) is 4.74 Å². The standard InChI is InChI=1S/C13H9IO2/c14-10-5-2-4-9-12-8(7-15)3-1-6-11(12)16-13(9)10/h1-7,11-12H/t11-,12-/m1/s1. The molecule has 0 fully saturated rings. The van der Waals surface area contributed by atoms with E-state index >= 15 is 0 Å². The highest BCUT2D eigenvalue weighted by Crippen LogP contribution is 2.45. The van der Waals surface area contributed by atoms with Gasteiger partial charge in [0.05, 0.1) is 9.49 Å². The molecule has 0 radical (unpaired) electrons. The number of carbonyl (C=O) groups is 1. The predicted molar refractivity (Wildman–Crippen MR) is 69.6 cm³/mol. The summed E-state index contributed by atoms with van der Waals surface area (Å²) < 4.78 is 6.98. The Kier molecular flexibility index (Phi) is 2.35. The highest BCUT2D eigenvalue weighted by Gasteiger charge is 2.37. The molecule has 0 bridgehead atoms. The van der Waals surface area contributed by atoms with E-state index < -0.39 is 0 Å². The van der Waals surface area contributed by atoms with Gasteiger partial charge in [-0.1, -0.05) is 24.3 Å². The summed E-state index contributed by atoms with van der Waals surface area (Å²) in [6.45, 7) is 0. The summed E-state index contributed by atoms with van der Waals surface area (Å²) in [5.74, 6) is 1.00. The van der Waals surface area contributed by atoms with Gasteiger partial charge >= 0.3 is 0 Å². The van der Waals surface area contributed by atoms with Gasteiger partial charge in [-0.05, 0) is 34.7 Å². The second-order valence-electron chi connectivity index (χ2n) is 3.89. The number of para-hydroxylation sites is 1. The quantitative estimate of drug-likeness (QED) is 0.587. The third-order valence-electron chi connectivity index (χ3n) is 3.00. The predicted octanol–water partition coefficient (Wildman–Crippen LogP) is 2.83. The van der Waals surface area contributed by atoms with Crippen LogP contribution in [-0.2, 0) is 4.79 Å². The second kappa shape index (κ2) is 3.73. The van der Waals surface area contributed by atoms with Crippen molar-refractivity contribution in [3.05, 3.63) is 51.1 Å². The fraction of sp³-hybridized carbons (Fsp3) is 0.154. The van der Waals surface area contributed by atoms with Crippen molar-refractivity contribution in [1.82, 2.24) is 0 Å². The fourth-order valence-corrected chi connectivity index (χ4v) is 2.93. The summed E-state index contributed by atoms with van der Waals surface area (Å²) in [4.78, 5) is 11.0. The SMILES string of the molecule is O=CC1=CC=C[C@H]2Oc3c(I)cccc3[C@@H]12. The van der Waals surface area contributed by atoms with E-state index in [1.807, 2.05) is 36.4 Å². The van der Waals surface area contributed by atoms with Gasteiger partial charge in [0.2, 0.25) is 0 Å². The Hall–Kier alpha value is -1.10. The number of carbonyl (C=O) groups excluding carboxylic acids is 1. The normalized spacial score (nSPS) is 25.4. The number of allylic oxidation sites excluding steroid dienone is 2. The third-order valence-corrected chi connectivity index (χ3v) is 3.85. The van der Waals surface area contributed by atoms with Crippen molar-refractivity contribution in [2.45, 2.75) is 12.0 Å². The Balaban J connectivity index is 2.16. The lowest BCUT2D eigenvalue weighted by Crippen LogP contribution is -2.20. The van der Waals surface area contributed by atoms with Gasteiger partial charge in [-0.3, -0.25) is 4.79 Å².